The molecule has 0 amide bonds. The number of para-hydroxylation sites is 1. The lowest BCUT2D eigenvalue weighted by molar-refractivity contribution is 0.326. The molecular formula is C17H26N2. The summed E-state index contributed by atoms with van der Waals surface area (Å²) >= 11 is 0. The molecule has 0 fully saturated rings. The monoisotopic (exact) mass is 258 g/mol. The summed E-state index contributed by atoms with van der Waals surface area (Å²) in [4.78, 5) is 0. The molecule has 0 saturated carbocycles. The minimum Gasteiger partial charge on any atom is -0.346 e. The second-order valence-electron chi connectivity index (χ2n) is 5.77. The van der Waals surface area contributed by atoms with Crippen LogP contribution in [0.3, 0.4) is 0 Å². The number of aromatic nitrogens is 1. The van der Waals surface area contributed by atoms with Gasteiger partial charge in [0, 0.05) is 35.7 Å². The van der Waals surface area contributed by atoms with Gasteiger partial charge in [-0.2, -0.15) is 0 Å². The zero-order valence-corrected chi connectivity index (χ0v) is 12.9. The van der Waals surface area contributed by atoms with Gasteiger partial charge in [0.1, 0.15) is 0 Å². The molecule has 1 aromatic carbocycles. The van der Waals surface area contributed by atoms with Crippen LogP contribution < -0.4 is 5.32 Å². The van der Waals surface area contributed by atoms with Crippen LogP contribution in [0.1, 0.15) is 44.9 Å². The second kappa shape index (κ2) is 5.38. The Morgan fingerprint density at radius 1 is 1.16 bits per heavy atom. The Labute approximate surface area is 116 Å². The van der Waals surface area contributed by atoms with Gasteiger partial charge in [-0.15, -0.1) is 0 Å². The van der Waals surface area contributed by atoms with Crippen LogP contribution in [0.4, 0.5) is 0 Å². The lowest BCUT2D eigenvalue weighted by Gasteiger charge is -2.28. The highest BCUT2D eigenvalue weighted by molar-refractivity contribution is 5.85. The van der Waals surface area contributed by atoms with Gasteiger partial charge < -0.3 is 9.88 Å². The molecule has 0 radical (unpaired) electrons. The Morgan fingerprint density at radius 2 is 1.79 bits per heavy atom. The van der Waals surface area contributed by atoms with E-state index in [1.807, 2.05) is 0 Å². The van der Waals surface area contributed by atoms with Crippen molar-refractivity contribution in [2.75, 3.05) is 0 Å². The molecule has 1 heterocycles. The summed E-state index contributed by atoms with van der Waals surface area (Å²) in [5.74, 6) is 0. The molecule has 2 rings (SSSR count). The minimum absolute atomic E-state index is 0.239. The highest BCUT2D eigenvalue weighted by Gasteiger charge is 2.20. The van der Waals surface area contributed by atoms with E-state index in [0.29, 0.717) is 0 Å². The summed E-state index contributed by atoms with van der Waals surface area (Å²) in [5, 5.41) is 5.11. The number of hydrogen-bond acceptors (Lipinski definition) is 1. The first kappa shape index (κ1) is 14.1. The summed E-state index contributed by atoms with van der Waals surface area (Å²) in [6.45, 7) is 9.99. The van der Waals surface area contributed by atoms with Gasteiger partial charge >= 0.3 is 0 Å². The number of benzene rings is 1. The standard InChI is InChI=1S/C17H26N2/c1-6-17(4,7-2)18-12-16-13(3)14-10-8-9-11-15(14)19(16)5/h8-11,18H,6-7,12H2,1-5H3. The van der Waals surface area contributed by atoms with E-state index >= 15 is 0 Å². The summed E-state index contributed by atoms with van der Waals surface area (Å²) in [6, 6.07) is 8.65. The fraction of sp³-hybridized carbons (Fsp3) is 0.529. The maximum absolute atomic E-state index is 3.73. The van der Waals surface area contributed by atoms with Crippen molar-refractivity contribution < 1.29 is 0 Å². The second-order valence-corrected chi connectivity index (χ2v) is 5.77. The van der Waals surface area contributed by atoms with E-state index in [-0.39, 0.29) is 5.54 Å². The largest absolute Gasteiger partial charge is 0.346 e. The summed E-state index contributed by atoms with van der Waals surface area (Å²) in [5.41, 5.74) is 4.36. The number of aryl methyl sites for hydroxylation is 2. The molecule has 0 saturated heterocycles. The van der Waals surface area contributed by atoms with E-state index in [9.17, 15) is 0 Å². The maximum Gasteiger partial charge on any atom is 0.0483 e. The molecular weight excluding hydrogens is 232 g/mol. The lowest BCUT2D eigenvalue weighted by Crippen LogP contribution is -2.40. The van der Waals surface area contributed by atoms with Gasteiger partial charge in [0.25, 0.3) is 0 Å². The Kier molecular flexibility index (Phi) is 4.00. The predicted octanol–water partition coefficient (Wildman–Crippen LogP) is 4.16. The quantitative estimate of drug-likeness (QED) is 0.852. The van der Waals surface area contributed by atoms with Gasteiger partial charge in [-0.3, -0.25) is 0 Å². The summed E-state index contributed by atoms with van der Waals surface area (Å²) in [7, 11) is 2.17. The first-order valence-corrected chi connectivity index (χ1v) is 7.30. The molecule has 2 nitrogen and oxygen atoms in total. The van der Waals surface area contributed by atoms with E-state index in [1.54, 1.807) is 0 Å². The Hall–Kier alpha value is -1.28. The fourth-order valence-corrected chi connectivity index (χ4v) is 2.68. The first-order chi connectivity index (χ1) is 9.02. The first-order valence-electron chi connectivity index (χ1n) is 7.30. The third-order valence-corrected chi connectivity index (χ3v) is 4.75. The lowest BCUT2D eigenvalue weighted by atomic mass is 9.95. The van der Waals surface area contributed by atoms with Crippen molar-refractivity contribution in [2.45, 2.75) is 52.6 Å². The van der Waals surface area contributed by atoms with Crippen molar-refractivity contribution in [2.24, 2.45) is 7.05 Å². The Bertz CT molecular complexity index is 523. The van der Waals surface area contributed by atoms with Crippen LogP contribution in [0.15, 0.2) is 24.3 Å². The van der Waals surface area contributed by atoms with E-state index < -0.39 is 0 Å². The van der Waals surface area contributed by atoms with Gasteiger partial charge in [-0.25, -0.2) is 0 Å². The Morgan fingerprint density at radius 3 is 2.37 bits per heavy atom. The summed E-state index contributed by atoms with van der Waals surface area (Å²) < 4.78 is 2.32. The molecule has 0 unspecified atom stereocenters. The fourth-order valence-electron chi connectivity index (χ4n) is 2.68. The SMILES string of the molecule is CCC(C)(CC)NCc1c(C)c2ccccc2n1C. The highest BCUT2D eigenvalue weighted by atomic mass is 15.0. The average molecular weight is 258 g/mol. The molecule has 1 aromatic heterocycles. The van der Waals surface area contributed by atoms with Crippen LogP contribution >= 0.6 is 0 Å². The highest BCUT2D eigenvalue weighted by Crippen LogP contribution is 2.25. The molecule has 2 aromatic rings. The predicted molar refractivity (Wildman–Crippen MR) is 83.5 cm³/mol. The molecule has 0 spiro atoms. The van der Waals surface area contributed by atoms with Gasteiger partial charge in [-0.05, 0) is 38.3 Å². The van der Waals surface area contributed by atoms with E-state index in [2.05, 4.69) is 68.9 Å². The summed E-state index contributed by atoms with van der Waals surface area (Å²) in [6.07, 6.45) is 2.32. The molecule has 0 aliphatic heterocycles. The van der Waals surface area contributed by atoms with Gasteiger partial charge in [0.05, 0.1) is 0 Å². The molecule has 0 aliphatic carbocycles. The Balaban J connectivity index is 2.31. The van der Waals surface area contributed by atoms with Crippen LogP contribution in [0.2, 0.25) is 0 Å². The zero-order valence-electron chi connectivity index (χ0n) is 12.9. The number of hydrogen-bond donors (Lipinski definition) is 1. The van der Waals surface area contributed by atoms with Crippen molar-refractivity contribution in [3.63, 3.8) is 0 Å². The molecule has 0 bridgehead atoms. The van der Waals surface area contributed by atoms with Crippen molar-refractivity contribution in [1.82, 2.24) is 9.88 Å². The van der Waals surface area contributed by atoms with Crippen molar-refractivity contribution >= 4 is 10.9 Å². The number of nitrogens with zero attached hydrogens (tertiary/aromatic N) is 1. The minimum atomic E-state index is 0.239. The van der Waals surface area contributed by atoms with Crippen LogP contribution in [0.25, 0.3) is 10.9 Å². The number of nitrogens with one attached hydrogen (secondary N) is 1. The van der Waals surface area contributed by atoms with E-state index in [1.165, 1.54) is 22.2 Å². The smallest absolute Gasteiger partial charge is 0.0483 e. The van der Waals surface area contributed by atoms with Crippen molar-refractivity contribution in [3.8, 4) is 0 Å². The molecule has 1 N–H and O–H groups in total. The van der Waals surface area contributed by atoms with Crippen LogP contribution in [-0.4, -0.2) is 10.1 Å². The van der Waals surface area contributed by atoms with Crippen molar-refractivity contribution in [3.05, 3.63) is 35.5 Å². The maximum atomic E-state index is 3.73. The normalized spacial score (nSPS) is 12.3. The molecule has 19 heavy (non-hydrogen) atoms. The number of fused-ring (bicyclic) bond motifs is 1. The van der Waals surface area contributed by atoms with Gasteiger partial charge in [0.15, 0.2) is 0 Å². The van der Waals surface area contributed by atoms with Crippen LogP contribution in [0, 0.1) is 6.92 Å². The van der Waals surface area contributed by atoms with Crippen LogP contribution in [-0.2, 0) is 13.6 Å². The number of rotatable bonds is 5. The molecule has 2 heteroatoms. The molecule has 0 atom stereocenters. The zero-order chi connectivity index (χ0) is 14.0. The topological polar surface area (TPSA) is 17.0 Å². The molecule has 0 aliphatic rings. The van der Waals surface area contributed by atoms with Gasteiger partial charge in [-0.1, -0.05) is 32.0 Å². The third kappa shape index (κ3) is 2.55. The molecule has 104 valence electrons. The average Bonchev–Trinajstić information content (AvgIpc) is 2.69. The van der Waals surface area contributed by atoms with Crippen LogP contribution in [0.5, 0.6) is 0 Å². The van der Waals surface area contributed by atoms with Crippen molar-refractivity contribution in [1.29, 1.82) is 0 Å². The van der Waals surface area contributed by atoms with E-state index in [0.717, 1.165) is 19.4 Å². The van der Waals surface area contributed by atoms with E-state index in [4.69, 9.17) is 0 Å². The third-order valence-electron chi connectivity index (χ3n) is 4.75. The van der Waals surface area contributed by atoms with Gasteiger partial charge in [0.2, 0.25) is 0 Å².